The van der Waals surface area contributed by atoms with Gasteiger partial charge in [-0.05, 0) is 56.1 Å². The van der Waals surface area contributed by atoms with Gasteiger partial charge in [-0.2, -0.15) is 0 Å². The number of benzene rings is 1. The van der Waals surface area contributed by atoms with Crippen LogP contribution in [-0.4, -0.2) is 17.8 Å². The zero-order chi connectivity index (χ0) is 19.4. The topological polar surface area (TPSA) is 34.1 Å². The van der Waals surface area contributed by atoms with Gasteiger partial charge in [-0.15, -0.1) is 0 Å². The van der Waals surface area contributed by atoms with Gasteiger partial charge in [-0.1, -0.05) is 58.7 Å². The Hall–Kier alpha value is -0.880. The second-order valence-electron chi connectivity index (χ2n) is 9.10. The smallest absolute Gasteiger partial charge is 0.221 e. The first-order chi connectivity index (χ1) is 11.4. The quantitative estimate of drug-likeness (QED) is 0.466. The summed E-state index contributed by atoms with van der Waals surface area (Å²) in [4.78, 5) is 13.4. The molecule has 142 valence electrons. The summed E-state index contributed by atoms with van der Waals surface area (Å²) in [6, 6.07) is 4.06. The van der Waals surface area contributed by atoms with Gasteiger partial charge in [0.05, 0.1) is 0 Å². The van der Waals surface area contributed by atoms with E-state index in [2.05, 4.69) is 34.6 Å². The molecule has 25 heavy (non-hydrogen) atoms. The fourth-order valence-corrected chi connectivity index (χ4v) is 7.30. The Morgan fingerprint density at radius 1 is 1.12 bits per heavy atom. The number of unbranched alkanes of at least 4 members (excludes halogenated alkanes) is 1. The van der Waals surface area contributed by atoms with Crippen molar-refractivity contribution < 1.29 is 9.36 Å². The van der Waals surface area contributed by atoms with Crippen LogP contribution in [0.25, 0.3) is 0 Å². The third kappa shape index (κ3) is 6.41. The van der Waals surface area contributed by atoms with E-state index in [1.807, 2.05) is 32.9 Å². The second kappa shape index (κ2) is 8.67. The molecule has 2 atom stereocenters. The van der Waals surface area contributed by atoms with Crippen molar-refractivity contribution in [3.05, 3.63) is 34.4 Å². The van der Waals surface area contributed by atoms with E-state index >= 15 is 0 Å². The van der Waals surface area contributed by atoms with Gasteiger partial charge in [0.1, 0.15) is 0 Å². The first-order valence-corrected chi connectivity index (χ1v) is 11.7. The Kier molecular flexibility index (Phi) is 7.69. The van der Waals surface area contributed by atoms with Crippen LogP contribution >= 0.6 is 7.14 Å². The summed E-state index contributed by atoms with van der Waals surface area (Å²) in [5, 5.41) is 0. The summed E-state index contributed by atoms with van der Waals surface area (Å²) in [7, 11) is -2.90. The van der Waals surface area contributed by atoms with Gasteiger partial charge in [0.15, 0.2) is 7.14 Å². The maximum Gasteiger partial charge on any atom is 0.221 e. The fraction of sp³-hybridized carbons (Fsp3) is 0.682. The molecular weight excluding hydrogens is 327 g/mol. The summed E-state index contributed by atoms with van der Waals surface area (Å²) >= 11 is 0. The first-order valence-electron chi connectivity index (χ1n) is 9.60. The lowest BCUT2D eigenvalue weighted by Gasteiger charge is -2.27. The molecular formula is C22H37O2P. The molecule has 2 unspecified atom stereocenters. The highest BCUT2D eigenvalue weighted by Crippen LogP contribution is 2.53. The summed E-state index contributed by atoms with van der Waals surface area (Å²) < 4.78 is 13.8. The van der Waals surface area contributed by atoms with Crippen molar-refractivity contribution in [2.75, 3.05) is 12.3 Å². The van der Waals surface area contributed by atoms with Gasteiger partial charge in [0.2, 0.25) is 5.52 Å². The van der Waals surface area contributed by atoms with E-state index in [-0.39, 0.29) is 16.9 Å². The fourth-order valence-electron chi connectivity index (χ4n) is 4.02. The molecule has 1 aromatic carbocycles. The predicted molar refractivity (Wildman–Crippen MR) is 110 cm³/mol. The van der Waals surface area contributed by atoms with E-state index in [1.54, 1.807) is 0 Å². The zero-order valence-corrected chi connectivity index (χ0v) is 18.4. The van der Waals surface area contributed by atoms with Crippen molar-refractivity contribution >= 4 is 12.7 Å². The van der Waals surface area contributed by atoms with Gasteiger partial charge < -0.3 is 4.57 Å². The molecule has 0 N–H and O–H groups in total. The van der Waals surface area contributed by atoms with E-state index in [1.165, 1.54) is 0 Å². The molecule has 0 saturated carbocycles. The standard InChI is InChI=1S/C22H37O2P/c1-9-10-11-25(24,15-17(3)14-22(6,7)8)21(23)20-18(4)12-16(2)13-19(20)5/h12-13,17H,9-11,14-15H2,1-8H3. The monoisotopic (exact) mass is 364 g/mol. The minimum absolute atomic E-state index is 0.0864. The Bertz CT molecular complexity index is 629. The summed E-state index contributed by atoms with van der Waals surface area (Å²) in [6.07, 6.45) is 3.90. The molecule has 0 aliphatic carbocycles. The average molecular weight is 365 g/mol. The van der Waals surface area contributed by atoms with Crippen LogP contribution in [0.4, 0.5) is 0 Å². The van der Waals surface area contributed by atoms with E-state index < -0.39 is 7.14 Å². The van der Waals surface area contributed by atoms with Crippen LogP contribution in [0, 0.1) is 32.1 Å². The molecule has 0 amide bonds. The molecule has 0 bridgehead atoms. The first kappa shape index (κ1) is 22.2. The van der Waals surface area contributed by atoms with Gasteiger partial charge in [0, 0.05) is 17.9 Å². The summed E-state index contributed by atoms with van der Waals surface area (Å²) in [5.74, 6) is 0.290. The van der Waals surface area contributed by atoms with Crippen LogP contribution in [0.3, 0.4) is 0 Å². The van der Waals surface area contributed by atoms with Crippen LogP contribution in [0.15, 0.2) is 12.1 Å². The van der Waals surface area contributed by atoms with Crippen molar-refractivity contribution in [2.24, 2.45) is 11.3 Å². The highest BCUT2D eigenvalue weighted by molar-refractivity contribution is 7.81. The van der Waals surface area contributed by atoms with E-state index in [9.17, 15) is 9.36 Å². The molecule has 0 aliphatic rings. The Balaban J connectivity index is 3.21. The number of hydrogen-bond donors (Lipinski definition) is 0. The third-order valence-corrected chi connectivity index (χ3v) is 7.92. The van der Waals surface area contributed by atoms with Crippen LogP contribution in [0.5, 0.6) is 0 Å². The van der Waals surface area contributed by atoms with Crippen molar-refractivity contribution in [2.45, 2.75) is 74.7 Å². The Morgan fingerprint density at radius 2 is 1.64 bits per heavy atom. The number of carbonyl (C=O) groups is 1. The molecule has 3 heteroatoms. The lowest BCUT2D eigenvalue weighted by molar-refractivity contribution is 0.107. The Morgan fingerprint density at radius 3 is 2.08 bits per heavy atom. The van der Waals surface area contributed by atoms with Crippen molar-refractivity contribution in [3.63, 3.8) is 0 Å². The minimum Gasteiger partial charge on any atom is -0.315 e. The van der Waals surface area contributed by atoms with Gasteiger partial charge in [0.25, 0.3) is 0 Å². The number of rotatable bonds is 8. The molecule has 1 rings (SSSR count). The lowest BCUT2D eigenvalue weighted by atomic mass is 9.86. The molecule has 0 fully saturated rings. The maximum atomic E-state index is 13.8. The number of carbonyl (C=O) groups excluding carboxylic acids is 1. The second-order valence-corrected chi connectivity index (χ2v) is 12.1. The molecule has 0 saturated heterocycles. The van der Waals surface area contributed by atoms with E-state index in [4.69, 9.17) is 0 Å². The summed E-state index contributed by atoms with van der Waals surface area (Å²) in [6.45, 7) is 16.8. The molecule has 2 nitrogen and oxygen atoms in total. The van der Waals surface area contributed by atoms with E-state index in [0.29, 0.717) is 17.9 Å². The van der Waals surface area contributed by atoms with Gasteiger partial charge in [-0.3, -0.25) is 4.79 Å². The number of hydrogen-bond acceptors (Lipinski definition) is 2. The molecule has 0 aromatic heterocycles. The van der Waals surface area contributed by atoms with Gasteiger partial charge >= 0.3 is 0 Å². The average Bonchev–Trinajstić information content (AvgIpc) is 2.41. The third-order valence-electron chi connectivity index (χ3n) is 4.70. The molecule has 0 aliphatic heterocycles. The minimum atomic E-state index is -2.90. The largest absolute Gasteiger partial charge is 0.315 e. The molecule has 0 heterocycles. The van der Waals surface area contributed by atoms with Crippen LogP contribution < -0.4 is 0 Å². The summed E-state index contributed by atoms with van der Waals surface area (Å²) in [5.41, 5.74) is 3.87. The SMILES string of the molecule is CCCCP(=O)(CC(C)CC(C)(C)C)C(=O)c1c(C)cc(C)cc1C. The van der Waals surface area contributed by atoms with Crippen molar-refractivity contribution in [1.82, 2.24) is 0 Å². The van der Waals surface area contributed by atoms with E-state index in [0.717, 1.165) is 36.0 Å². The van der Waals surface area contributed by atoms with Crippen molar-refractivity contribution in [3.8, 4) is 0 Å². The highest BCUT2D eigenvalue weighted by atomic mass is 31.2. The van der Waals surface area contributed by atoms with Crippen molar-refractivity contribution in [1.29, 1.82) is 0 Å². The van der Waals surface area contributed by atoms with Crippen LogP contribution in [-0.2, 0) is 4.57 Å². The van der Waals surface area contributed by atoms with Crippen LogP contribution in [0.1, 0.15) is 80.9 Å². The predicted octanol–water partition coefficient (Wildman–Crippen LogP) is 6.99. The highest BCUT2D eigenvalue weighted by Gasteiger charge is 2.35. The normalized spacial score (nSPS) is 15.7. The lowest BCUT2D eigenvalue weighted by Crippen LogP contribution is -2.18. The van der Waals surface area contributed by atoms with Crippen LogP contribution in [0.2, 0.25) is 0 Å². The zero-order valence-electron chi connectivity index (χ0n) is 17.5. The maximum absolute atomic E-state index is 13.8. The molecule has 1 aromatic rings. The number of aryl methyl sites for hydroxylation is 3. The molecule has 0 spiro atoms. The molecule has 0 radical (unpaired) electrons. The van der Waals surface area contributed by atoms with Gasteiger partial charge in [-0.25, -0.2) is 0 Å². The Labute approximate surface area is 155 Å².